The minimum Gasteiger partial charge on any atom is -0.507 e. The molecule has 1 heterocycles. The Morgan fingerprint density at radius 2 is 1.56 bits per heavy atom. The Kier molecular flexibility index (Phi) is 7.14. The third-order valence-electron chi connectivity index (χ3n) is 6.38. The Bertz CT molecular complexity index is 1640. The van der Waals surface area contributed by atoms with Crippen LogP contribution in [0.25, 0.3) is 22.3 Å². The summed E-state index contributed by atoms with van der Waals surface area (Å²) in [6.07, 6.45) is 3.28. The van der Waals surface area contributed by atoms with Crippen LogP contribution >= 0.6 is 0 Å². The van der Waals surface area contributed by atoms with Gasteiger partial charge in [-0.25, -0.2) is 4.39 Å². The van der Waals surface area contributed by atoms with E-state index in [1.807, 2.05) is 36.4 Å². The van der Waals surface area contributed by atoms with Crippen molar-refractivity contribution in [3.8, 4) is 28.0 Å². The topological polar surface area (TPSA) is 96.5 Å². The molecule has 5 aromatic rings. The number of carbonyl (C=O) groups excluding carboxylic acids is 2. The predicted molar refractivity (Wildman–Crippen MR) is 149 cm³/mol. The molecule has 0 unspecified atom stereocenters. The lowest BCUT2D eigenvalue weighted by Crippen LogP contribution is -2.30. The van der Waals surface area contributed by atoms with Gasteiger partial charge in [-0.2, -0.15) is 0 Å². The zero-order chi connectivity index (χ0) is 27.4. The highest BCUT2D eigenvalue weighted by Gasteiger charge is 2.22. The van der Waals surface area contributed by atoms with Crippen LogP contribution in [0.5, 0.6) is 5.75 Å². The van der Waals surface area contributed by atoms with E-state index >= 15 is 0 Å². The lowest BCUT2D eigenvalue weighted by Gasteiger charge is -2.23. The van der Waals surface area contributed by atoms with E-state index in [0.29, 0.717) is 22.4 Å². The van der Waals surface area contributed by atoms with Gasteiger partial charge in [0.15, 0.2) is 0 Å². The quantitative estimate of drug-likeness (QED) is 0.268. The maximum atomic E-state index is 13.7. The highest BCUT2D eigenvalue weighted by molar-refractivity contribution is 6.08. The molecule has 2 amide bonds. The van der Waals surface area contributed by atoms with Crippen LogP contribution in [0.15, 0.2) is 116 Å². The fraction of sp³-hybridized carbons (Fsp3) is 0.0312. The number of hydrogen-bond acceptors (Lipinski definition) is 4. The SMILES string of the molecule is NC(=O)c1c(-c2ccccc2)cccc1-c1ccc(C(=O)N(Cc2cccnc2)c2ccc(F)cc2)cc1O. The smallest absolute Gasteiger partial charge is 0.258 e. The van der Waals surface area contributed by atoms with Crippen molar-refractivity contribution in [1.29, 1.82) is 0 Å². The molecule has 0 aliphatic rings. The number of nitrogens with two attached hydrogens (primary N) is 1. The second-order valence-corrected chi connectivity index (χ2v) is 8.92. The Balaban J connectivity index is 1.54. The van der Waals surface area contributed by atoms with Gasteiger partial charge < -0.3 is 15.7 Å². The molecule has 0 atom stereocenters. The summed E-state index contributed by atoms with van der Waals surface area (Å²) in [5.74, 6) is -1.64. The maximum Gasteiger partial charge on any atom is 0.258 e. The molecule has 0 fully saturated rings. The van der Waals surface area contributed by atoms with Crippen molar-refractivity contribution in [2.24, 2.45) is 5.73 Å². The number of phenols is 1. The molecule has 4 aromatic carbocycles. The Labute approximate surface area is 224 Å². The second-order valence-electron chi connectivity index (χ2n) is 8.92. The maximum absolute atomic E-state index is 13.7. The average Bonchev–Trinajstić information content (AvgIpc) is 2.96. The van der Waals surface area contributed by atoms with Crippen molar-refractivity contribution in [2.45, 2.75) is 6.54 Å². The van der Waals surface area contributed by atoms with Crippen LogP contribution in [0.1, 0.15) is 26.3 Å². The molecule has 7 heteroatoms. The lowest BCUT2D eigenvalue weighted by atomic mass is 9.90. The van der Waals surface area contributed by atoms with Crippen LogP contribution in [0.4, 0.5) is 10.1 Å². The van der Waals surface area contributed by atoms with E-state index in [2.05, 4.69) is 4.98 Å². The first-order valence-electron chi connectivity index (χ1n) is 12.2. The zero-order valence-corrected chi connectivity index (χ0v) is 20.8. The van der Waals surface area contributed by atoms with Gasteiger partial charge in [-0.15, -0.1) is 0 Å². The first-order chi connectivity index (χ1) is 18.9. The number of phenolic OH excluding ortho intramolecular Hbond substituents is 1. The number of hydrogen-bond donors (Lipinski definition) is 2. The number of aromatic nitrogens is 1. The van der Waals surface area contributed by atoms with Gasteiger partial charge in [-0.1, -0.05) is 54.6 Å². The van der Waals surface area contributed by atoms with Crippen molar-refractivity contribution in [3.63, 3.8) is 0 Å². The molecular formula is C32H24FN3O3. The first kappa shape index (κ1) is 25.4. The fourth-order valence-corrected chi connectivity index (χ4v) is 4.52. The molecule has 39 heavy (non-hydrogen) atoms. The van der Waals surface area contributed by atoms with Gasteiger partial charge in [0, 0.05) is 29.2 Å². The molecule has 0 spiro atoms. The number of carbonyl (C=O) groups is 2. The molecule has 6 nitrogen and oxygen atoms in total. The number of aromatic hydroxyl groups is 1. The lowest BCUT2D eigenvalue weighted by molar-refractivity contribution is 0.0981. The number of anilines is 1. The first-order valence-corrected chi connectivity index (χ1v) is 12.2. The number of rotatable bonds is 7. The van der Waals surface area contributed by atoms with E-state index in [-0.39, 0.29) is 23.4 Å². The summed E-state index contributed by atoms with van der Waals surface area (Å²) in [5, 5.41) is 11.1. The minimum atomic E-state index is -0.636. The summed E-state index contributed by atoms with van der Waals surface area (Å²) in [6.45, 7) is 0.186. The molecule has 0 radical (unpaired) electrons. The van der Waals surface area contributed by atoms with Gasteiger partial charge in [0.25, 0.3) is 5.91 Å². The number of benzene rings is 4. The number of nitrogens with zero attached hydrogens (tertiary/aromatic N) is 2. The number of halogens is 1. The van der Waals surface area contributed by atoms with Crippen molar-refractivity contribution in [2.75, 3.05) is 4.90 Å². The summed E-state index contributed by atoms with van der Waals surface area (Å²) in [6, 6.07) is 28.4. The zero-order valence-electron chi connectivity index (χ0n) is 20.8. The van der Waals surface area contributed by atoms with Gasteiger partial charge in [0.05, 0.1) is 12.1 Å². The molecule has 5 rings (SSSR count). The summed E-state index contributed by atoms with van der Waals surface area (Å²) in [7, 11) is 0. The third kappa shape index (κ3) is 5.38. The standard InChI is InChI=1S/C32H24FN3O3/c33-24-12-14-25(15-13-24)36(20-21-6-5-17-35-19-21)32(39)23-11-16-27(29(37)18-23)28-10-4-9-26(30(28)31(34)38)22-7-2-1-3-8-22/h1-19,37H,20H2,(H2,34,38). The monoisotopic (exact) mass is 517 g/mol. The van der Waals surface area contributed by atoms with Crippen LogP contribution in [-0.4, -0.2) is 21.9 Å². The fourth-order valence-electron chi connectivity index (χ4n) is 4.52. The molecule has 1 aromatic heterocycles. The van der Waals surface area contributed by atoms with Crippen molar-refractivity contribution >= 4 is 17.5 Å². The Morgan fingerprint density at radius 1 is 0.821 bits per heavy atom. The summed E-state index contributed by atoms with van der Waals surface area (Å²) < 4.78 is 13.6. The highest BCUT2D eigenvalue weighted by atomic mass is 19.1. The minimum absolute atomic E-state index is 0.186. The van der Waals surface area contributed by atoms with Crippen LogP contribution in [-0.2, 0) is 6.54 Å². The van der Waals surface area contributed by atoms with E-state index in [0.717, 1.165) is 11.1 Å². The van der Waals surface area contributed by atoms with Gasteiger partial charge in [-0.3, -0.25) is 14.6 Å². The largest absolute Gasteiger partial charge is 0.507 e. The Morgan fingerprint density at radius 3 is 2.23 bits per heavy atom. The van der Waals surface area contributed by atoms with Crippen LogP contribution in [0, 0.1) is 5.82 Å². The molecule has 0 aliphatic carbocycles. The van der Waals surface area contributed by atoms with Crippen molar-refractivity contribution in [1.82, 2.24) is 4.98 Å². The summed E-state index contributed by atoms with van der Waals surface area (Å²) >= 11 is 0. The molecule has 0 saturated heterocycles. The van der Waals surface area contributed by atoms with Crippen LogP contribution in [0.3, 0.4) is 0 Å². The van der Waals surface area contributed by atoms with Crippen molar-refractivity contribution < 1.29 is 19.1 Å². The number of pyridine rings is 1. The van der Waals surface area contributed by atoms with E-state index in [1.165, 1.54) is 35.2 Å². The van der Waals surface area contributed by atoms with Gasteiger partial charge >= 0.3 is 0 Å². The third-order valence-corrected chi connectivity index (χ3v) is 6.38. The van der Waals surface area contributed by atoms with Gasteiger partial charge in [-0.05, 0) is 70.8 Å². The highest BCUT2D eigenvalue weighted by Crippen LogP contribution is 2.37. The number of primary amides is 1. The van der Waals surface area contributed by atoms with Gasteiger partial charge in [0.1, 0.15) is 11.6 Å². The van der Waals surface area contributed by atoms with Crippen molar-refractivity contribution in [3.05, 3.63) is 138 Å². The molecule has 3 N–H and O–H groups in total. The molecule has 0 saturated carbocycles. The van der Waals surface area contributed by atoms with E-state index < -0.39 is 17.6 Å². The van der Waals surface area contributed by atoms with Crippen LogP contribution < -0.4 is 10.6 Å². The Hall–Kier alpha value is -5.30. The average molecular weight is 518 g/mol. The molecular weight excluding hydrogens is 493 g/mol. The normalized spacial score (nSPS) is 10.7. The second kappa shape index (κ2) is 11.0. The molecule has 0 aliphatic heterocycles. The number of amides is 2. The molecule has 0 bridgehead atoms. The van der Waals surface area contributed by atoms with Crippen LogP contribution in [0.2, 0.25) is 0 Å². The summed E-state index contributed by atoms with van der Waals surface area (Å²) in [4.78, 5) is 31.8. The van der Waals surface area contributed by atoms with E-state index in [9.17, 15) is 19.1 Å². The van der Waals surface area contributed by atoms with E-state index in [4.69, 9.17) is 5.73 Å². The molecule has 192 valence electrons. The predicted octanol–water partition coefficient (Wildman–Crippen LogP) is 6.21. The van der Waals surface area contributed by atoms with Gasteiger partial charge in [0.2, 0.25) is 5.91 Å². The summed E-state index contributed by atoms with van der Waals surface area (Å²) in [5.41, 5.74) is 9.79. The van der Waals surface area contributed by atoms with E-state index in [1.54, 1.807) is 48.8 Å².